The molecule has 0 bridgehead atoms. The van der Waals surface area contributed by atoms with Crippen LogP contribution in [0.2, 0.25) is 0 Å². The highest BCUT2D eigenvalue weighted by atomic mass is 79.9. The average molecular weight is 498 g/mol. The molecule has 0 radical (unpaired) electrons. The highest BCUT2D eigenvalue weighted by molar-refractivity contribution is 9.10. The molecule has 2 aromatic heterocycles. The van der Waals surface area contributed by atoms with Gasteiger partial charge in [0.2, 0.25) is 10.0 Å². The summed E-state index contributed by atoms with van der Waals surface area (Å²) in [6.07, 6.45) is 1.60. The topological polar surface area (TPSA) is 76.5 Å². The molecule has 0 amide bonds. The molecule has 1 aromatic carbocycles. The largest absolute Gasteiger partial charge is 0.461 e. The van der Waals surface area contributed by atoms with E-state index in [1.165, 1.54) is 4.31 Å². The minimum Gasteiger partial charge on any atom is -0.461 e. The highest BCUT2D eigenvalue weighted by Crippen LogP contribution is 2.22. The first kappa shape index (κ1) is 20.5. The molecule has 0 saturated carbocycles. The average Bonchev–Trinajstić information content (AvgIpc) is 3.33. The van der Waals surface area contributed by atoms with Gasteiger partial charge in [0.15, 0.2) is 16.4 Å². The molecule has 29 heavy (non-hydrogen) atoms. The van der Waals surface area contributed by atoms with Gasteiger partial charge in [-0.1, -0.05) is 22.0 Å². The van der Waals surface area contributed by atoms with E-state index in [2.05, 4.69) is 25.9 Å². The molecular weight excluding hydrogens is 478 g/mol. The van der Waals surface area contributed by atoms with Crippen molar-refractivity contribution < 1.29 is 12.8 Å². The van der Waals surface area contributed by atoms with Crippen molar-refractivity contribution in [3.63, 3.8) is 0 Å². The van der Waals surface area contributed by atoms with Crippen molar-refractivity contribution in [1.29, 1.82) is 0 Å². The van der Waals surface area contributed by atoms with Gasteiger partial charge in [0.25, 0.3) is 0 Å². The zero-order chi connectivity index (χ0) is 20.6. The third kappa shape index (κ3) is 4.10. The molecule has 0 spiro atoms. The normalized spacial score (nSPS) is 16.3. The van der Waals surface area contributed by atoms with Crippen molar-refractivity contribution in [1.82, 2.24) is 23.6 Å². The van der Waals surface area contributed by atoms with E-state index in [0.717, 1.165) is 4.47 Å². The number of halogens is 1. The van der Waals surface area contributed by atoms with Gasteiger partial charge in [-0.05, 0) is 42.5 Å². The van der Waals surface area contributed by atoms with Crippen LogP contribution in [0.15, 0.2) is 56.4 Å². The first-order valence-electron chi connectivity index (χ1n) is 9.02. The van der Waals surface area contributed by atoms with Gasteiger partial charge < -0.3 is 8.98 Å². The van der Waals surface area contributed by atoms with Crippen LogP contribution in [-0.4, -0.2) is 58.1 Å². The van der Waals surface area contributed by atoms with E-state index in [1.807, 2.05) is 29.8 Å². The predicted octanol–water partition coefficient (Wildman–Crippen LogP) is 2.94. The molecule has 1 aliphatic rings. The second-order valence-electron chi connectivity index (χ2n) is 6.76. The standard InChI is InChI=1S/C18H20BrN5O3S2/c1-21-17(16-6-3-11-27-16)20-24(18(21)28)13-22-7-9-23(10-8-22)29(25,26)15-5-2-4-14(19)12-15/h2-6,11-12H,7-10,13H2,1H3. The van der Waals surface area contributed by atoms with E-state index in [9.17, 15) is 8.42 Å². The summed E-state index contributed by atoms with van der Waals surface area (Å²) >= 11 is 8.83. The van der Waals surface area contributed by atoms with E-state index in [4.69, 9.17) is 16.6 Å². The number of hydrogen-bond donors (Lipinski definition) is 0. The van der Waals surface area contributed by atoms with E-state index < -0.39 is 10.0 Å². The lowest BCUT2D eigenvalue weighted by Gasteiger charge is -2.33. The second kappa shape index (κ2) is 8.15. The van der Waals surface area contributed by atoms with Crippen LogP contribution >= 0.6 is 28.1 Å². The van der Waals surface area contributed by atoms with Gasteiger partial charge >= 0.3 is 0 Å². The third-order valence-electron chi connectivity index (χ3n) is 4.88. The maximum atomic E-state index is 12.9. The Kier molecular flexibility index (Phi) is 5.76. The summed E-state index contributed by atoms with van der Waals surface area (Å²) in [7, 11) is -1.65. The summed E-state index contributed by atoms with van der Waals surface area (Å²) in [5.41, 5.74) is 0. The van der Waals surface area contributed by atoms with Gasteiger partial charge in [0, 0.05) is 37.7 Å². The number of sulfonamides is 1. The van der Waals surface area contributed by atoms with Crippen LogP contribution in [-0.2, 0) is 23.7 Å². The van der Waals surface area contributed by atoms with Crippen LogP contribution in [0.3, 0.4) is 0 Å². The fourth-order valence-electron chi connectivity index (χ4n) is 3.28. The van der Waals surface area contributed by atoms with Crippen molar-refractivity contribution in [2.75, 3.05) is 26.2 Å². The second-order valence-corrected chi connectivity index (χ2v) is 9.98. The number of furan rings is 1. The van der Waals surface area contributed by atoms with Gasteiger partial charge in [-0.2, -0.15) is 4.31 Å². The molecule has 8 nitrogen and oxygen atoms in total. The molecule has 11 heteroatoms. The quantitative estimate of drug-likeness (QED) is 0.504. The molecule has 0 N–H and O–H groups in total. The van der Waals surface area contributed by atoms with Crippen molar-refractivity contribution in [2.45, 2.75) is 11.6 Å². The molecule has 0 atom stereocenters. The van der Waals surface area contributed by atoms with E-state index in [1.54, 1.807) is 29.1 Å². The van der Waals surface area contributed by atoms with E-state index >= 15 is 0 Å². The van der Waals surface area contributed by atoms with Crippen LogP contribution < -0.4 is 0 Å². The van der Waals surface area contributed by atoms with E-state index in [0.29, 0.717) is 54.1 Å². The fraction of sp³-hybridized carbons (Fsp3) is 0.333. The summed E-state index contributed by atoms with van der Waals surface area (Å²) < 4.78 is 37.6. The first-order valence-corrected chi connectivity index (χ1v) is 11.7. The number of nitrogens with zero attached hydrogens (tertiary/aromatic N) is 5. The molecule has 1 aliphatic heterocycles. The molecule has 3 aromatic rings. The summed E-state index contributed by atoms with van der Waals surface area (Å²) in [4.78, 5) is 2.44. The van der Waals surface area contributed by atoms with Crippen molar-refractivity contribution in [2.24, 2.45) is 7.05 Å². The van der Waals surface area contributed by atoms with Crippen molar-refractivity contribution in [3.05, 3.63) is 51.9 Å². The van der Waals surface area contributed by atoms with Gasteiger partial charge in [0.1, 0.15) is 0 Å². The smallest absolute Gasteiger partial charge is 0.243 e. The Morgan fingerprint density at radius 2 is 1.93 bits per heavy atom. The number of rotatable bonds is 5. The molecule has 3 heterocycles. The molecule has 4 rings (SSSR count). The summed E-state index contributed by atoms with van der Waals surface area (Å²) in [6.45, 7) is 2.53. The van der Waals surface area contributed by atoms with Crippen LogP contribution in [0.5, 0.6) is 0 Å². The SMILES string of the molecule is Cn1c(-c2ccco2)nn(CN2CCN(S(=O)(=O)c3cccc(Br)c3)CC2)c1=S. The lowest BCUT2D eigenvalue weighted by Crippen LogP contribution is -2.48. The summed E-state index contributed by atoms with van der Waals surface area (Å²) in [6, 6.07) is 10.4. The summed E-state index contributed by atoms with van der Waals surface area (Å²) in [5, 5.41) is 4.57. The molecule has 0 aliphatic carbocycles. The Labute approximate surface area is 182 Å². The zero-order valence-corrected chi connectivity index (χ0v) is 19.0. The lowest BCUT2D eigenvalue weighted by atomic mass is 10.4. The fourth-order valence-corrected chi connectivity index (χ4v) is 5.48. The third-order valence-corrected chi connectivity index (χ3v) is 7.75. The van der Waals surface area contributed by atoms with Crippen LogP contribution in [0.1, 0.15) is 0 Å². The Morgan fingerprint density at radius 1 is 1.17 bits per heavy atom. The molecule has 1 fully saturated rings. The maximum Gasteiger partial charge on any atom is 0.243 e. The maximum absolute atomic E-state index is 12.9. The highest BCUT2D eigenvalue weighted by Gasteiger charge is 2.29. The lowest BCUT2D eigenvalue weighted by molar-refractivity contribution is 0.144. The monoisotopic (exact) mass is 497 g/mol. The number of piperazine rings is 1. The van der Waals surface area contributed by atoms with Crippen LogP contribution in [0.4, 0.5) is 0 Å². The molecular formula is C18H20BrN5O3S2. The minimum atomic E-state index is -3.50. The van der Waals surface area contributed by atoms with E-state index in [-0.39, 0.29) is 0 Å². The molecule has 154 valence electrons. The van der Waals surface area contributed by atoms with Gasteiger partial charge in [-0.25, -0.2) is 13.1 Å². The van der Waals surface area contributed by atoms with Gasteiger partial charge in [-0.15, -0.1) is 5.10 Å². The number of benzene rings is 1. The van der Waals surface area contributed by atoms with Crippen LogP contribution in [0, 0.1) is 4.77 Å². The van der Waals surface area contributed by atoms with Gasteiger partial charge in [-0.3, -0.25) is 4.90 Å². The molecule has 1 saturated heterocycles. The van der Waals surface area contributed by atoms with Crippen molar-refractivity contribution >= 4 is 38.2 Å². The number of hydrogen-bond acceptors (Lipinski definition) is 6. The number of aromatic nitrogens is 3. The summed E-state index contributed by atoms with van der Waals surface area (Å²) in [5.74, 6) is 1.32. The predicted molar refractivity (Wildman–Crippen MR) is 114 cm³/mol. The van der Waals surface area contributed by atoms with Gasteiger partial charge in [0.05, 0.1) is 17.8 Å². The first-order chi connectivity index (χ1) is 13.9. The Bertz CT molecular complexity index is 1160. The Hall–Kier alpha value is -1.79. The molecule has 0 unspecified atom stereocenters. The Balaban J connectivity index is 1.45. The van der Waals surface area contributed by atoms with Crippen LogP contribution in [0.25, 0.3) is 11.6 Å². The zero-order valence-electron chi connectivity index (χ0n) is 15.7. The minimum absolute atomic E-state index is 0.301. The van der Waals surface area contributed by atoms with Crippen molar-refractivity contribution in [3.8, 4) is 11.6 Å². The Morgan fingerprint density at radius 3 is 2.59 bits per heavy atom.